The Labute approximate surface area is 141 Å². The predicted octanol–water partition coefficient (Wildman–Crippen LogP) is -0.764. The van der Waals surface area contributed by atoms with E-state index in [4.69, 9.17) is 0 Å². The maximum atomic E-state index is 12.6. The van der Waals surface area contributed by atoms with Crippen molar-refractivity contribution in [2.24, 2.45) is 11.8 Å². The van der Waals surface area contributed by atoms with E-state index in [1.54, 1.807) is 6.20 Å². The molecule has 0 aliphatic heterocycles. The Morgan fingerprint density at radius 2 is 2.04 bits per heavy atom. The second-order valence-corrected chi connectivity index (χ2v) is 8.49. The maximum absolute atomic E-state index is 12.6. The number of nitrogens with zero attached hydrogens (tertiary/aromatic N) is 2. The number of aromatic nitrogens is 2. The minimum absolute atomic E-state index is 0.0610. The van der Waals surface area contributed by atoms with Crippen LogP contribution in [0.15, 0.2) is 11.2 Å². The van der Waals surface area contributed by atoms with E-state index in [2.05, 4.69) is 9.71 Å². The Bertz CT molecular complexity index is 685. The van der Waals surface area contributed by atoms with Gasteiger partial charge in [0.25, 0.3) is 10.0 Å². The fourth-order valence-corrected chi connectivity index (χ4v) is 4.50. The molecule has 0 spiro atoms. The van der Waals surface area contributed by atoms with Crippen LogP contribution in [0.2, 0.25) is 0 Å². The number of aliphatic hydroxyl groups is 3. The molecule has 0 bridgehead atoms. The van der Waals surface area contributed by atoms with Gasteiger partial charge < -0.3 is 19.9 Å². The molecule has 24 heavy (non-hydrogen) atoms. The van der Waals surface area contributed by atoms with Crippen LogP contribution in [0.1, 0.15) is 32.0 Å². The summed E-state index contributed by atoms with van der Waals surface area (Å²) in [6.45, 7) is 2.41. The van der Waals surface area contributed by atoms with Crippen LogP contribution in [0.5, 0.6) is 0 Å². The second-order valence-electron chi connectivity index (χ2n) is 6.83. The van der Waals surface area contributed by atoms with Crippen molar-refractivity contribution in [2.75, 3.05) is 6.61 Å². The van der Waals surface area contributed by atoms with Gasteiger partial charge in [-0.2, -0.15) is 0 Å². The molecular weight excluding hydrogens is 334 g/mol. The van der Waals surface area contributed by atoms with Gasteiger partial charge in [-0.3, -0.25) is 0 Å². The summed E-state index contributed by atoms with van der Waals surface area (Å²) in [6.07, 6.45) is 2.31. The van der Waals surface area contributed by atoms with Crippen LogP contribution >= 0.6 is 0 Å². The van der Waals surface area contributed by atoms with Gasteiger partial charge in [0, 0.05) is 31.7 Å². The predicted molar refractivity (Wildman–Crippen MR) is 85.6 cm³/mol. The molecule has 0 radical (unpaired) electrons. The Hall–Kier alpha value is -1.00. The molecule has 0 saturated heterocycles. The van der Waals surface area contributed by atoms with Gasteiger partial charge in [-0.1, -0.05) is 6.92 Å². The van der Waals surface area contributed by atoms with Gasteiger partial charge in [-0.25, -0.2) is 18.1 Å². The number of hydrogen-bond donors (Lipinski definition) is 4. The van der Waals surface area contributed by atoms with Gasteiger partial charge in [-0.05, 0) is 25.2 Å². The summed E-state index contributed by atoms with van der Waals surface area (Å²) >= 11 is 0. The molecule has 8 nitrogen and oxygen atoms in total. The zero-order valence-electron chi connectivity index (χ0n) is 13.7. The summed E-state index contributed by atoms with van der Waals surface area (Å²) in [5.41, 5.74) is 0. The SMILES string of the molecule is CCc1nc(S(=O)(=O)N[C@@H]2C[C@H](CO)[C@@H](O)[C@H]2O)cn1CC1CC1. The van der Waals surface area contributed by atoms with Crippen LogP contribution < -0.4 is 4.72 Å². The number of hydrogen-bond acceptors (Lipinski definition) is 6. The van der Waals surface area contributed by atoms with E-state index in [0.717, 1.165) is 25.2 Å². The summed E-state index contributed by atoms with van der Waals surface area (Å²) in [7, 11) is -3.89. The maximum Gasteiger partial charge on any atom is 0.259 e. The van der Waals surface area contributed by atoms with Crippen molar-refractivity contribution in [3.8, 4) is 0 Å². The lowest BCUT2D eigenvalue weighted by Crippen LogP contribution is -2.43. The molecule has 2 saturated carbocycles. The van der Waals surface area contributed by atoms with Crippen molar-refractivity contribution in [1.29, 1.82) is 0 Å². The first kappa shape index (κ1) is 17.8. The molecule has 1 aromatic heterocycles. The Morgan fingerprint density at radius 1 is 1.33 bits per heavy atom. The summed E-state index contributed by atoms with van der Waals surface area (Å²) in [4.78, 5) is 4.23. The van der Waals surface area contributed by atoms with Crippen molar-refractivity contribution in [1.82, 2.24) is 14.3 Å². The van der Waals surface area contributed by atoms with Crippen LogP contribution in [0.3, 0.4) is 0 Å². The normalized spacial score (nSPS) is 30.8. The highest BCUT2D eigenvalue weighted by molar-refractivity contribution is 7.89. The first-order valence-corrected chi connectivity index (χ1v) is 9.89. The molecule has 2 aliphatic carbocycles. The minimum atomic E-state index is -3.89. The first-order valence-electron chi connectivity index (χ1n) is 8.41. The number of aryl methyl sites for hydroxylation is 1. The topological polar surface area (TPSA) is 125 Å². The third kappa shape index (κ3) is 3.50. The third-order valence-electron chi connectivity index (χ3n) is 4.92. The van der Waals surface area contributed by atoms with Gasteiger partial charge in [0.1, 0.15) is 5.82 Å². The van der Waals surface area contributed by atoms with Gasteiger partial charge in [-0.15, -0.1) is 0 Å². The molecule has 1 aromatic rings. The Kier molecular flexibility index (Phi) is 4.99. The van der Waals surface area contributed by atoms with E-state index in [-0.39, 0.29) is 18.1 Å². The zero-order valence-corrected chi connectivity index (χ0v) is 14.5. The Balaban J connectivity index is 1.76. The summed E-state index contributed by atoms with van der Waals surface area (Å²) in [5, 5.41) is 28.9. The lowest BCUT2D eigenvalue weighted by atomic mass is 10.1. The number of rotatable bonds is 7. The molecule has 2 fully saturated rings. The van der Waals surface area contributed by atoms with E-state index in [1.165, 1.54) is 0 Å². The third-order valence-corrected chi connectivity index (χ3v) is 6.28. The number of aliphatic hydroxyl groups excluding tert-OH is 3. The van der Waals surface area contributed by atoms with E-state index >= 15 is 0 Å². The molecule has 1 heterocycles. The highest BCUT2D eigenvalue weighted by Gasteiger charge is 2.43. The molecule has 2 aliphatic rings. The largest absolute Gasteiger partial charge is 0.396 e. The highest BCUT2D eigenvalue weighted by atomic mass is 32.2. The molecular formula is C15H25N3O5S. The van der Waals surface area contributed by atoms with Crippen LogP contribution in [0.4, 0.5) is 0 Å². The molecule has 9 heteroatoms. The van der Waals surface area contributed by atoms with Crippen molar-refractivity contribution in [3.63, 3.8) is 0 Å². The lowest BCUT2D eigenvalue weighted by molar-refractivity contribution is 0.00171. The number of imidazole rings is 1. The van der Waals surface area contributed by atoms with Crippen molar-refractivity contribution in [2.45, 2.75) is 62.4 Å². The average molecular weight is 359 g/mol. The molecule has 4 N–H and O–H groups in total. The Morgan fingerprint density at radius 3 is 2.58 bits per heavy atom. The zero-order chi connectivity index (χ0) is 17.5. The van der Waals surface area contributed by atoms with Crippen LogP contribution in [-0.4, -0.2) is 58.1 Å². The van der Waals surface area contributed by atoms with Crippen molar-refractivity contribution < 1.29 is 23.7 Å². The lowest BCUT2D eigenvalue weighted by Gasteiger charge is -2.17. The number of sulfonamides is 1. The first-order chi connectivity index (χ1) is 11.4. The fourth-order valence-electron chi connectivity index (χ4n) is 3.26. The van der Waals surface area contributed by atoms with E-state index in [9.17, 15) is 23.7 Å². The molecule has 136 valence electrons. The van der Waals surface area contributed by atoms with E-state index in [1.807, 2.05) is 11.5 Å². The van der Waals surface area contributed by atoms with Crippen LogP contribution in [0.25, 0.3) is 0 Å². The van der Waals surface area contributed by atoms with Gasteiger partial charge >= 0.3 is 0 Å². The van der Waals surface area contributed by atoms with Crippen LogP contribution in [-0.2, 0) is 23.0 Å². The summed E-state index contributed by atoms with van der Waals surface area (Å²) < 4.78 is 29.5. The average Bonchev–Trinajstić information content (AvgIpc) is 3.20. The fraction of sp³-hybridized carbons (Fsp3) is 0.800. The highest BCUT2D eigenvalue weighted by Crippen LogP contribution is 2.31. The quantitative estimate of drug-likeness (QED) is 0.507. The van der Waals surface area contributed by atoms with Crippen molar-refractivity contribution in [3.05, 3.63) is 12.0 Å². The second kappa shape index (κ2) is 6.72. The van der Waals surface area contributed by atoms with Gasteiger partial charge in [0.2, 0.25) is 0 Å². The minimum Gasteiger partial charge on any atom is -0.396 e. The molecule has 3 rings (SSSR count). The summed E-state index contributed by atoms with van der Waals surface area (Å²) in [6, 6.07) is -0.833. The van der Waals surface area contributed by atoms with Gasteiger partial charge in [0.05, 0.1) is 18.2 Å². The van der Waals surface area contributed by atoms with Crippen LogP contribution in [0, 0.1) is 11.8 Å². The molecule has 0 unspecified atom stereocenters. The molecule has 4 atom stereocenters. The monoisotopic (exact) mass is 359 g/mol. The van der Waals surface area contributed by atoms with E-state index < -0.39 is 34.2 Å². The number of nitrogens with one attached hydrogen (secondary N) is 1. The smallest absolute Gasteiger partial charge is 0.259 e. The standard InChI is InChI=1S/C15H25N3O5S/c1-2-12-16-13(7-18(12)6-9-3-4-9)24(22,23)17-11-5-10(8-19)14(20)15(11)21/h7,9-11,14-15,17,19-21H,2-6,8H2,1H3/t10-,11-,14-,15+/m1/s1. The van der Waals surface area contributed by atoms with Crippen molar-refractivity contribution >= 4 is 10.0 Å². The molecule has 0 amide bonds. The molecule has 0 aromatic carbocycles. The summed E-state index contributed by atoms with van der Waals surface area (Å²) in [5.74, 6) is 0.791. The van der Waals surface area contributed by atoms with Gasteiger partial charge in [0.15, 0.2) is 5.03 Å². The van der Waals surface area contributed by atoms with E-state index in [0.29, 0.717) is 12.3 Å².